The Bertz CT molecular complexity index is 1190. The van der Waals surface area contributed by atoms with Crippen LogP contribution in [0.5, 0.6) is 11.5 Å². The van der Waals surface area contributed by atoms with Crippen molar-refractivity contribution in [3.05, 3.63) is 52.5 Å². The van der Waals surface area contributed by atoms with Crippen LogP contribution in [0.15, 0.2) is 46.9 Å². The fraction of sp³-hybridized carbons (Fsp3) is 0.273. The first kappa shape index (κ1) is 22.0. The molecule has 0 unspecified atom stereocenters. The van der Waals surface area contributed by atoms with Crippen molar-refractivity contribution in [3.8, 4) is 22.1 Å². The smallest absolute Gasteiger partial charge is 0.169 e. The number of methoxy groups -OCH3 is 3. The van der Waals surface area contributed by atoms with E-state index in [9.17, 15) is 0 Å². The molecule has 0 saturated carbocycles. The predicted octanol–water partition coefficient (Wildman–Crippen LogP) is 5.77. The minimum Gasteiger partial charge on any atom is -0.497 e. The molecule has 0 bridgehead atoms. The zero-order chi connectivity index (χ0) is 21.8. The van der Waals surface area contributed by atoms with Gasteiger partial charge in [-0.25, -0.2) is 9.97 Å². The molecule has 0 amide bonds. The first-order chi connectivity index (χ1) is 15.1. The Kier molecular flexibility index (Phi) is 7.02. The molecular weight excluding hydrogens is 454 g/mol. The Morgan fingerprint density at radius 1 is 1.06 bits per heavy atom. The maximum absolute atomic E-state index is 6.15. The molecule has 4 rings (SSSR count). The van der Waals surface area contributed by atoms with Gasteiger partial charge in [0.2, 0.25) is 0 Å². The number of rotatable bonds is 9. The molecule has 2 aromatic heterocycles. The molecule has 31 heavy (non-hydrogen) atoms. The zero-order valence-electron chi connectivity index (χ0n) is 17.4. The average molecular weight is 476 g/mol. The lowest BCUT2D eigenvalue weighted by Crippen LogP contribution is -2.05. The highest BCUT2D eigenvalue weighted by Crippen LogP contribution is 2.36. The predicted molar refractivity (Wildman–Crippen MR) is 127 cm³/mol. The molecule has 0 fully saturated rings. The molecule has 0 aliphatic carbocycles. The summed E-state index contributed by atoms with van der Waals surface area (Å²) in [5, 5.41) is 4.59. The summed E-state index contributed by atoms with van der Waals surface area (Å²) < 4.78 is 18.3. The van der Waals surface area contributed by atoms with E-state index in [4.69, 9.17) is 35.8 Å². The van der Waals surface area contributed by atoms with Crippen LogP contribution in [-0.2, 0) is 17.0 Å². The monoisotopic (exact) mass is 475 g/mol. The van der Waals surface area contributed by atoms with Gasteiger partial charge in [-0.1, -0.05) is 23.4 Å². The van der Waals surface area contributed by atoms with Gasteiger partial charge in [-0.3, -0.25) is 0 Å². The lowest BCUT2D eigenvalue weighted by atomic mass is 10.2. The van der Waals surface area contributed by atoms with E-state index < -0.39 is 0 Å². The van der Waals surface area contributed by atoms with Crippen LogP contribution in [0.25, 0.3) is 21.6 Å². The molecule has 0 saturated heterocycles. The van der Waals surface area contributed by atoms with Crippen LogP contribution in [0.3, 0.4) is 0 Å². The van der Waals surface area contributed by atoms with Crippen molar-refractivity contribution in [2.24, 2.45) is 0 Å². The van der Waals surface area contributed by atoms with Crippen molar-refractivity contribution in [3.63, 3.8) is 0 Å². The number of ether oxygens (including phenoxy) is 3. The molecule has 0 atom stereocenters. The van der Waals surface area contributed by atoms with Crippen LogP contribution in [0, 0.1) is 0 Å². The Balaban J connectivity index is 1.56. The Morgan fingerprint density at radius 3 is 2.71 bits per heavy atom. The van der Waals surface area contributed by atoms with Crippen molar-refractivity contribution < 1.29 is 14.2 Å². The second-order valence-electron chi connectivity index (χ2n) is 6.67. The number of thioether (sulfide) groups is 1. The first-order valence-electron chi connectivity index (χ1n) is 9.57. The molecule has 162 valence electrons. The highest BCUT2D eigenvalue weighted by Gasteiger charge is 2.15. The van der Waals surface area contributed by atoms with E-state index in [0.29, 0.717) is 17.4 Å². The van der Waals surface area contributed by atoms with Gasteiger partial charge in [-0.2, -0.15) is 0 Å². The van der Waals surface area contributed by atoms with Gasteiger partial charge in [0.25, 0.3) is 0 Å². The molecule has 0 aliphatic heterocycles. The molecule has 9 heteroatoms. The lowest BCUT2D eigenvalue weighted by molar-refractivity contribution is 0.186. The summed E-state index contributed by atoms with van der Waals surface area (Å²) in [6, 6.07) is 11.5. The van der Waals surface area contributed by atoms with E-state index in [-0.39, 0.29) is 0 Å². The molecule has 0 N–H and O–H groups in total. The quantitative estimate of drug-likeness (QED) is 0.286. The van der Waals surface area contributed by atoms with Gasteiger partial charge in [0.05, 0.1) is 43.1 Å². The van der Waals surface area contributed by atoms with E-state index >= 15 is 0 Å². The van der Waals surface area contributed by atoms with Crippen molar-refractivity contribution >= 4 is 45.7 Å². The van der Waals surface area contributed by atoms with E-state index in [2.05, 4.69) is 9.95 Å². The van der Waals surface area contributed by atoms with Crippen LogP contribution in [-0.4, -0.2) is 42.5 Å². The SMILES string of the molecule is COCCn1c(SCc2csc(-c3ccc(OC)cc3OC)n2)nc2cc(Cl)ccc21. The number of halogens is 1. The Labute approximate surface area is 194 Å². The maximum Gasteiger partial charge on any atom is 0.169 e. The molecule has 6 nitrogen and oxygen atoms in total. The van der Waals surface area contributed by atoms with Crippen LogP contribution in [0.2, 0.25) is 5.02 Å². The molecular formula is C22H22ClN3O3S2. The first-order valence-corrected chi connectivity index (χ1v) is 11.8. The number of nitrogens with zero attached hydrogens (tertiary/aromatic N) is 3. The number of hydrogen-bond donors (Lipinski definition) is 0. The second kappa shape index (κ2) is 9.91. The molecule has 4 aromatic rings. The molecule has 2 heterocycles. The number of benzene rings is 2. The average Bonchev–Trinajstić information content (AvgIpc) is 3.39. The van der Waals surface area contributed by atoms with Gasteiger partial charge in [0.1, 0.15) is 16.5 Å². The van der Waals surface area contributed by atoms with Gasteiger partial charge in [-0.05, 0) is 30.3 Å². The summed E-state index contributed by atoms with van der Waals surface area (Å²) >= 11 is 9.40. The third kappa shape index (κ3) is 4.82. The van der Waals surface area contributed by atoms with Crippen LogP contribution >= 0.6 is 34.7 Å². The summed E-state index contributed by atoms with van der Waals surface area (Å²) in [7, 11) is 4.99. The van der Waals surface area contributed by atoms with Gasteiger partial charge < -0.3 is 18.8 Å². The highest BCUT2D eigenvalue weighted by atomic mass is 35.5. The Morgan fingerprint density at radius 2 is 1.94 bits per heavy atom. The lowest BCUT2D eigenvalue weighted by Gasteiger charge is -2.08. The van der Waals surface area contributed by atoms with E-state index in [1.54, 1.807) is 44.4 Å². The van der Waals surface area contributed by atoms with E-state index in [1.165, 1.54) is 0 Å². The summed E-state index contributed by atoms with van der Waals surface area (Å²) in [6.45, 7) is 1.34. The van der Waals surface area contributed by atoms with Gasteiger partial charge in [0, 0.05) is 35.9 Å². The Hall–Kier alpha value is -2.26. The summed E-state index contributed by atoms with van der Waals surface area (Å²) in [5.74, 6) is 2.20. The fourth-order valence-electron chi connectivity index (χ4n) is 3.20. The van der Waals surface area contributed by atoms with Crippen LogP contribution in [0.4, 0.5) is 0 Å². The third-order valence-corrected chi connectivity index (χ3v) is 6.90. The molecule has 0 spiro atoms. The maximum atomic E-state index is 6.15. The molecule has 0 aliphatic rings. The van der Waals surface area contributed by atoms with E-state index in [1.807, 2.05) is 36.4 Å². The standard InChI is InChI=1S/C22H22ClN3O3S2/c1-27-9-8-26-19-7-4-14(23)10-18(19)25-22(26)31-13-15-12-30-21(24-15)17-6-5-16(28-2)11-20(17)29-3/h4-7,10-12H,8-9,13H2,1-3H3. The van der Waals surface area contributed by atoms with Crippen molar-refractivity contribution in [1.82, 2.24) is 14.5 Å². The summed E-state index contributed by atoms with van der Waals surface area (Å²) in [4.78, 5) is 9.59. The number of imidazole rings is 1. The van der Waals surface area contributed by atoms with Crippen molar-refractivity contribution in [1.29, 1.82) is 0 Å². The highest BCUT2D eigenvalue weighted by molar-refractivity contribution is 7.98. The summed E-state index contributed by atoms with van der Waals surface area (Å²) in [6.07, 6.45) is 0. The van der Waals surface area contributed by atoms with Crippen LogP contribution < -0.4 is 9.47 Å². The number of aromatic nitrogens is 3. The second-order valence-corrected chi connectivity index (χ2v) is 8.91. The van der Waals surface area contributed by atoms with E-state index in [0.717, 1.165) is 50.5 Å². The molecule has 2 aromatic carbocycles. The normalized spacial score (nSPS) is 11.2. The minimum atomic E-state index is 0.611. The number of fused-ring (bicyclic) bond motifs is 1. The van der Waals surface area contributed by atoms with Crippen molar-refractivity contribution in [2.75, 3.05) is 27.9 Å². The minimum absolute atomic E-state index is 0.611. The zero-order valence-corrected chi connectivity index (χ0v) is 19.8. The number of thiazole rings is 1. The summed E-state index contributed by atoms with van der Waals surface area (Å²) in [5.41, 5.74) is 3.87. The van der Waals surface area contributed by atoms with Gasteiger partial charge in [-0.15, -0.1) is 11.3 Å². The van der Waals surface area contributed by atoms with Crippen LogP contribution in [0.1, 0.15) is 5.69 Å². The fourth-order valence-corrected chi connectivity index (χ4v) is 5.25. The van der Waals surface area contributed by atoms with Gasteiger partial charge in [0.15, 0.2) is 5.16 Å². The number of hydrogen-bond acceptors (Lipinski definition) is 7. The van der Waals surface area contributed by atoms with Gasteiger partial charge >= 0.3 is 0 Å². The van der Waals surface area contributed by atoms with Crippen molar-refractivity contribution in [2.45, 2.75) is 17.5 Å². The topological polar surface area (TPSA) is 58.4 Å². The largest absolute Gasteiger partial charge is 0.497 e. The molecule has 0 radical (unpaired) electrons. The third-order valence-electron chi connectivity index (χ3n) is 4.73.